The molecule has 6 heteroatoms. The number of halogens is 1. The van der Waals surface area contributed by atoms with Gasteiger partial charge in [-0.15, -0.1) is 11.6 Å². The highest BCUT2D eigenvalue weighted by molar-refractivity contribution is 7.03. The molecule has 1 aromatic heterocycles. The van der Waals surface area contributed by atoms with Crippen LogP contribution in [0.4, 0.5) is 0 Å². The predicted molar refractivity (Wildman–Crippen MR) is 69.1 cm³/mol. The second kappa shape index (κ2) is 5.33. The molecule has 0 radical (unpaired) electrons. The summed E-state index contributed by atoms with van der Waals surface area (Å²) in [4.78, 5) is 23.3. The molecule has 2 aromatic rings. The topological polar surface area (TPSA) is 44.0 Å². The van der Waals surface area contributed by atoms with Gasteiger partial charge in [0.15, 0.2) is 0 Å². The third kappa shape index (κ3) is 2.68. The van der Waals surface area contributed by atoms with Gasteiger partial charge in [-0.1, -0.05) is 30.3 Å². The van der Waals surface area contributed by atoms with Gasteiger partial charge in [-0.05, 0) is 5.56 Å². The van der Waals surface area contributed by atoms with Crippen LogP contribution in [0, 0.1) is 0 Å². The van der Waals surface area contributed by atoms with Crippen LogP contribution in [0.1, 0.15) is 5.56 Å². The van der Waals surface area contributed by atoms with E-state index >= 15 is 0 Å². The number of nitrogens with zero attached hydrogens (tertiary/aromatic N) is 2. The van der Waals surface area contributed by atoms with E-state index in [4.69, 9.17) is 11.6 Å². The number of aromatic nitrogens is 2. The third-order valence-electron chi connectivity index (χ3n) is 2.32. The lowest BCUT2D eigenvalue weighted by Crippen LogP contribution is -2.29. The highest BCUT2D eigenvalue weighted by Gasteiger charge is 2.09. The minimum Gasteiger partial charge on any atom is -0.255 e. The second-order valence-electron chi connectivity index (χ2n) is 3.50. The summed E-state index contributed by atoms with van der Waals surface area (Å²) in [6.07, 6.45) is 0. The van der Waals surface area contributed by atoms with Crippen molar-refractivity contribution in [1.29, 1.82) is 0 Å². The summed E-state index contributed by atoms with van der Waals surface area (Å²) in [5, 5.41) is 0. The Morgan fingerprint density at radius 2 is 1.88 bits per heavy atom. The Labute approximate surface area is 107 Å². The van der Waals surface area contributed by atoms with Crippen molar-refractivity contribution in [3.8, 4) is 0 Å². The first-order valence-electron chi connectivity index (χ1n) is 5.13. The van der Waals surface area contributed by atoms with Gasteiger partial charge in [-0.25, -0.2) is 13.3 Å². The van der Waals surface area contributed by atoms with Crippen molar-refractivity contribution in [3.05, 3.63) is 56.0 Å². The average molecular weight is 271 g/mol. The molecule has 90 valence electrons. The quantitative estimate of drug-likeness (QED) is 0.788. The molecule has 0 fully saturated rings. The van der Waals surface area contributed by atoms with E-state index in [1.165, 1.54) is 8.52 Å². The van der Waals surface area contributed by atoms with Crippen LogP contribution in [0.3, 0.4) is 0 Å². The van der Waals surface area contributed by atoms with Crippen LogP contribution in [0.25, 0.3) is 0 Å². The molecule has 0 saturated heterocycles. The van der Waals surface area contributed by atoms with Gasteiger partial charge in [0.25, 0.3) is 0 Å². The van der Waals surface area contributed by atoms with Gasteiger partial charge in [0, 0.05) is 17.4 Å². The molecular weight excluding hydrogens is 260 g/mol. The van der Waals surface area contributed by atoms with Crippen LogP contribution in [-0.4, -0.2) is 14.4 Å². The zero-order valence-corrected chi connectivity index (χ0v) is 10.6. The Morgan fingerprint density at radius 1 is 1.18 bits per heavy atom. The van der Waals surface area contributed by atoms with Crippen LogP contribution in [-0.2, 0) is 13.1 Å². The van der Waals surface area contributed by atoms with Crippen molar-refractivity contribution >= 4 is 23.1 Å². The highest BCUT2D eigenvalue weighted by Crippen LogP contribution is 1.99. The Balaban J connectivity index is 2.34. The summed E-state index contributed by atoms with van der Waals surface area (Å²) < 4.78 is 2.62. The number of hydrogen-bond donors (Lipinski definition) is 0. The summed E-state index contributed by atoms with van der Waals surface area (Å²) in [7, 11) is 0. The third-order valence-corrected chi connectivity index (χ3v) is 3.43. The van der Waals surface area contributed by atoms with E-state index in [0.29, 0.717) is 19.0 Å². The first-order valence-corrected chi connectivity index (χ1v) is 6.44. The minimum absolute atomic E-state index is 0.246. The number of benzene rings is 1. The summed E-state index contributed by atoms with van der Waals surface area (Å²) >= 11 is 6.48. The lowest BCUT2D eigenvalue weighted by atomic mass is 10.2. The van der Waals surface area contributed by atoms with E-state index in [2.05, 4.69) is 0 Å². The fourth-order valence-corrected chi connectivity index (χ4v) is 2.57. The molecule has 0 saturated carbocycles. The smallest absolute Gasteiger partial charge is 0.255 e. The molecule has 1 heterocycles. The Hall–Kier alpha value is -1.33. The largest absolute Gasteiger partial charge is 0.341 e. The maximum Gasteiger partial charge on any atom is 0.341 e. The van der Waals surface area contributed by atoms with Crippen LogP contribution < -0.4 is 10.6 Å². The van der Waals surface area contributed by atoms with Crippen molar-refractivity contribution in [2.75, 3.05) is 5.88 Å². The van der Waals surface area contributed by atoms with Crippen molar-refractivity contribution < 1.29 is 0 Å². The van der Waals surface area contributed by atoms with E-state index in [9.17, 15) is 9.59 Å². The standard InChI is InChI=1S/C11H11ClN2O2S/c12-6-7-14-10(15)13(11(16)17-14)8-9-4-2-1-3-5-9/h1-5H,6-8H2. The Kier molecular flexibility index (Phi) is 3.81. The van der Waals surface area contributed by atoms with E-state index in [-0.39, 0.29) is 10.6 Å². The molecule has 0 aliphatic heterocycles. The van der Waals surface area contributed by atoms with Crippen molar-refractivity contribution in [3.63, 3.8) is 0 Å². The summed E-state index contributed by atoms with van der Waals surface area (Å²) in [6.45, 7) is 0.687. The van der Waals surface area contributed by atoms with Gasteiger partial charge in [0.1, 0.15) is 0 Å². The van der Waals surface area contributed by atoms with Crippen LogP contribution >= 0.6 is 23.1 Å². The van der Waals surface area contributed by atoms with Crippen molar-refractivity contribution in [2.45, 2.75) is 13.1 Å². The fourth-order valence-electron chi connectivity index (χ4n) is 1.51. The van der Waals surface area contributed by atoms with Gasteiger partial charge in [0.05, 0.1) is 13.1 Å². The highest BCUT2D eigenvalue weighted by atomic mass is 35.5. The van der Waals surface area contributed by atoms with Gasteiger partial charge in [-0.2, -0.15) is 0 Å². The first kappa shape index (κ1) is 12.1. The van der Waals surface area contributed by atoms with Gasteiger partial charge < -0.3 is 0 Å². The molecule has 0 aliphatic carbocycles. The molecule has 0 bridgehead atoms. The first-order chi connectivity index (χ1) is 8.22. The second-order valence-corrected chi connectivity index (χ2v) is 4.85. The number of alkyl halides is 1. The molecule has 0 spiro atoms. The average Bonchev–Trinajstić information content (AvgIpc) is 2.59. The maximum atomic E-state index is 11.9. The van der Waals surface area contributed by atoms with Crippen molar-refractivity contribution in [2.24, 2.45) is 0 Å². The number of rotatable bonds is 4. The predicted octanol–water partition coefficient (Wildman–Crippen LogP) is 1.36. The van der Waals surface area contributed by atoms with Gasteiger partial charge in [-0.3, -0.25) is 4.79 Å². The molecule has 1 aromatic carbocycles. The molecule has 0 atom stereocenters. The van der Waals surface area contributed by atoms with E-state index in [0.717, 1.165) is 17.1 Å². The maximum absolute atomic E-state index is 11.9. The Bertz CT molecular complexity index is 600. The van der Waals surface area contributed by atoms with Gasteiger partial charge >= 0.3 is 10.6 Å². The lowest BCUT2D eigenvalue weighted by Gasteiger charge is -1.99. The van der Waals surface area contributed by atoms with Crippen LogP contribution in [0.2, 0.25) is 0 Å². The molecule has 0 N–H and O–H groups in total. The molecule has 0 unspecified atom stereocenters. The zero-order chi connectivity index (χ0) is 12.3. The normalized spacial score (nSPS) is 10.6. The molecule has 4 nitrogen and oxygen atoms in total. The van der Waals surface area contributed by atoms with E-state index in [1.54, 1.807) is 0 Å². The lowest BCUT2D eigenvalue weighted by molar-refractivity contribution is 0.676. The fraction of sp³-hybridized carbons (Fsp3) is 0.273. The van der Waals surface area contributed by atoms with Crippen LogP contribution in [0.15, 0.2) is 39.9 Å². The zero-order valence-electron chi connectivity index (χ0n) is 9.01. The molecule has 2 rings (SSSR count). The summed E-state index contributed by atoms with van der Waals surface area (Å²) in [5.41, 5.74) is 0.645. The molecule has 0 aliphatic rings. The molecular formula is C11H11ClN2O2S. The minimum atomic E-state index is -0.287. The number of aryl methyl sites for hydroxylation is 1. The SMILES string of the molecule is O=c1sn(CCCl)c(=O)n1Cc1ccccc1. The summed E-state index contributed by atoms with van der Waals surface area (Å²) in [5.74, 6) is 0.325. The Morgan fingerprint density at radius 3 is 2.53 bits per heavy atom. The van der Waals surface area contributed by atoms with Crippen molar-refractivity contribution in [1.82, 2.24) is 8.52 Å². The summed E-state index contributed by atoms with van der Waals surface area (Å²) in [6, 6.07) is 9.42. The van der Waals surface area contributed by atoms with E-state index < -0.39 is 0 Å². The molecule has 0 amide bonds. The monoisotopic (exact) mass is 270 g/mol. The van der Waals surface area contributed by atoms with E-state index in [1.807, 2.05) is 30.3 Å². The van der Waals surface area contributed by atoms with Crippen LogP contribution in [0.5, 0.6) is 0 Å². The molecule has 17 heavy (non-hydrogen) atoms. The number of hydrogen-bond acceptors (Lipinski definition) is 3. The van der Waals surface area contributed by atoms with Gasteiger partial charge in [0.2, 0.25) is 0 Å².